The molecule has 14 heavy (non-hydrogen) atoms. The van der Waals surface area contributed by atoms with Crippen molar-refractivity contribution in [1.29, 1.82) is 0 Å². The minimum Gasteiger partial charge on any atom is -0.507 e. The van der Waals surface area contributed by atoms with Crippen molar-refractivity contribution in [2.24, 2.45) is 0 Å². The van der Waals surface area contributed by atoms with Gasteiger partial charge in [0.2, 0.25) is 0 Å². The van der Waals surface area contributed by atoms with E-state index in [2.05, 4.69) is 5.32 Å². The molecule has 0 aliphatic carbocycles. The third kappa shape index (κ3) is 2.36. The first-order chi connectivity index (χ1) is 6.65. The van der Waals surface area contributed by atoms with Crippen molar-refractivity contribution < 1.29 is 9.90 Å². The minimum absolute atomic E-state index is 0.0117. The molecule has 0 bridgehead atoms. The van der Waals surface area contributed by atoms with Crippen LogP contribution in [-0.2, 0) is 0 Å². The van der Waals surface area contributed by atoms with Crippen LogP contribution in [0.3, 0.4) is 0 Å². The molecule has 0 saturated carbocycles. The Kier molecular flexibility index (Phi) is 3.29. The van der Waals surface area contributed by atoms with E-state index < -0.39 is 0 Å². The quantitative estimate of drug-likeness (QED) is 0.564. The Balaban J connectivity index is 2.96. The van der Waals surface area contributed by atoms with E-state index in [0.29, 0.717) is 5.56 Å². The topological polar surface area (TPSA) is 49.3 Å². The van der Waals surface area contributed by atoms with Crippen LogP contribution in [0.4, 0.5) is 0 Å². The molecule has 0 radical (unpaired) electrons. The van der Waals surface area contributed by atoms with E-state index in [0.717, 1.165) is 5.70 Å². The fourth-order valence-electron chi connectivity index (χ4n) is 1.03. The highest BCUT2D eigenvalue weighted by molar-refractivity contribution is 6.06. The Bertz CT molecular complexity index is 369. The number of nitrogens with one attached hydrogen (secondary N) is 1. The van der Waals surface area contributed by atoms with Crippen LogP contribution in [0.1, 0.15) is 17.3 Å². The summed E-state index contributed by atoms with van der Waals surface area (Å²) in [5.74, 6) is -0.187. The van der Waals surface area contributed by atoms with Gasteiger partial charge >= 0.3 is 0 Å². The maximum atomic E-state index is 11.6. The maximum absolute atomic E-state index is 11.6. The maximum Gasteiger partial charge on any atom is 0.191 e. The summed E-state index contributed by atoms with van der Waals surface area (Å²) in [6, 6.07) is 6.49. The fourth-order valence-corrected chi connectivity index (χ4v) is 1.03. The molecule has 1 aromatic rings. The van der Waals surface area contributed by atoms with E-state index in [1.165, 1.54) is 12.1 Å². The number of hydrogen-bond acceptors (Lipinski definition) is 3. The summed E-state index contributed by atoms with van der Waals surface area (Å²) in [6.07, 6.45) is 1.45. The molecule has 0 aliphatic heterocycles. The molecule has 0 aromatic heterocycles. The smallest absolute Gasteiger partial charge is 0.191 e. The van der Waals surface area contributed by atoms with Gasteiger partial charge in [-0.2, -0.15) is 0 Å². The van der Waals surface area contributed by atoms with Gasteiger partial charge in [-0.25, -0.2) is 0 Å². The SMILES string of the molecule is CN/C(C)=C/C(=O)c1ccccc1O. The average molecular weight is 191 g/mol. The Labute approximate surface area is 83.1 Å². The van der Waals surface area contributed by atoms with Crippen molar-refractivity contribution in [3.8, 4) is 5.75 Å². The third-order valence-corrected chi connectivity index (χ3v) is 1.91. The second kappa shape index (κ2) is 4.46. The summed E-state index contributed by atoms with van der Waals surface area (Å²) in [5.41, 5.74) is 1.08. The normalized spacial score (nSPS) is 11.1. The number of hydrogen-bond donors (Lipinski definition) is 2. The summed E-state index contributed by atoms with van der Waals surface area (Å²) < 4.78 is 0. The molecule has 0 saturated heterocycles. The monoisotopic (exact) mass is 191 g/mol. The highest BCUT2D eigenvalue weighted by Gasteiger charge is 2.06. The number of aromatic hydroxyl groups is 1. The van der Waals surface area contributed by atoms with E-state index >= 15 is 0 Å². The molecule has 3 nitrogen and oxygen atoms in total. The largest absolute Gasteiger partial charge is 0.507 e. The molecule has 0 amide bonds. The van der Waals surface area contributed by atoms with Crippen molar-refractivity contribution in [3.05, 3.63) is 41.6 Å². The molecule has 0 atom stereocenters. The van der Waals surface area contributed by atoms with Crippen molar-refractivity contribution in [2.45, 2.75) is 6.92 Å². The molecule has 3 heteroatoms. The van der Waals surface area contributed by atoms with Gasteiger partial charge in [-0.1, -0.05) is 12.1 Å². The van der Waals surface area contributed by atoms with Gasteiger partial charge in [0.1, 0.15) is 5.75 Å². The summed E-state index contributed by atoms with van der Waals surface area (Å²) >= 11 is 0. The standard InChI is InChI=1S/C11H13NO2/c1-8(12-2)7-11(14)9-5-3-4-6-10(9)13/h3-7,12-13H,1-2H3/b8-7+. The van der Waals surface area contributed by atoms with Gasteiger partial charge in [-0.05, 0) is 19.1 Å². The van der Waals surface area contributed by atoms with Crippen molar-refractivity contribution in [3.63, 3.8) is 0 Å². The first-order valence-electron chi connectivity index (χ1n) is 4.33. The van der Waals surface area contributed by atoms with Crippen molar-refractivity contribution in [1.82, 2.24) is 5.32 Å². The Morgan fingerprint density at radius 1 is 1.43 bits per heavy atom. The van der Waals surface area contributed by atoms with Gasteiger partial charge < -0.3 is 10.4 Å². The van der Waals surface area contributed by atoms with Crippen LogP contribution in [0.25, 0.3) is 0 Å². The first kappa shape index (κ1) is 10.3. The number of benzene rings is 1. The number of phenols is 1. The molecule has 2 N–H and O–H groups in total. The first-order valence-corrected chi connectivity index (χ1v) is 4.33. The van der Waals surface area contributed by atoms with E-state index in [1.807, 2.05) is 0 Å². The Morgan fingerprint density at radius 2 is 2.07 bits per heavy atom. The zero-order valence-electron chi connectivity index (χ0n) is 8.24. The van der Waals surface area contributed by atoms with Gasteiger partial charge in [0, 0.05) is 18.8 Å². The lowest BCUT2D eigenvalue weighted by atomic mass is 10.1. The number of allylic oxidation sites excluding steroid dienone is 2. The summed E-state index contributed by atoms with van der Waals surface area (Å²) in [5, 5.41) is 12.2. The molecule has 1 aromatic carbocycles. The van der Waals surface area contributed by atoms with Crippen LogP contribution in [0, 0.1) is 0 Å². The lowest BCUT2D eigenvalue weighted by Gasteiger charge is -2.01. The van der Waals surface area contributed by atoms with E-state index in [1.54, 1.807) is 32.2 Å². The molecule has 0 aliphatic rings. The van der Waals surface area contributed by atoms with Crippen LogP contribution in [0.5, 0.6) is 5.75 Å². The van der Waals surface area contributed by atoms with Crippen LogP contribution in [0.15, 0.2) is 36.0 Å². The second-order valence-electron chi connectivity index (χ2n) is 2.96. The number of phenolic OH excluding ortho intramolecular Hbond substituents is 1. The molecule has 74 valence electrons. The summed E-state index contributed by atoms with van der Waals surface area (Å²) in [4.78, 5) is 11.6. The minimum atomic E-state index is -0.199. The van der Waals surface area contributed by atoms with Crippen LogP contribution >= 0.6 is 0 Å². The van der Waals surface area contributed by atoms with Gasteiger partial charge in [-0.15, -0.1) is 0 Å². The predicted molar refractivity (Wildman–Crippen MR) is 55.3 cm³/mol. The number of para-hydroxylation sites is 1. The van der Waals surface area contributed by atoms with E-state index in [-0.39, 0.29) is 11.5 Å². The van der Waals surface area contributed by atoms with Gasteiger partial charge in [-0.3, -0.25) is 4.79 Å². The molecule has 0 fully saturated rings. The zero-order valence-corrected chi connectivity index (χ0v) is 8.24. The summed E-state index contributed by atoms with van der Waals surface area (Å²) in [6.45, 7) is 1.79. The van der Waals surface area contributed by atoms with Gasteiger partial charge in [0.25, 0.3) is 0 Å². The van der Waals surface area contributed by atoms with Crippen LogP contribution < -0.4 is 5.32 Å². The summed E-state index contributed by atoms with van der Waals surface area (Å²) in [7, 11) is 1.74. The highest BCUT2D eigenvalue weighted by atomic mass is 16.3. The number of carbonyl (C=O) groups excluding carboxylic acids is 1. The lowest BCUT2D eigenvalue weighted by Crippen LogP contribution is -2.05. The number of rotatable bonds is 3. The van der Waals surface area contributed by atoms with Gasteiger partial charge in [0.15, 0.2) is 5.78 Å². The molecule has 0 spiro atoms. The highest BCUT2D eigenvalue weighted by Crippen LogP contribution is 2.16. The van der Waals surface area contributed by atoms with Crippen LogP contribution in [0.2, 0.25) is 0 Å². The fraction of sp³-hybridized carbons (Fsp3) is 0.182. The van der Waals surface area contributed by atoms with Crippen molar-refractivity contribution >= 4 is 5.78 Å². The molecule has 0 unspecified atom stereocenters. The van der Waals surface area contributed by atoms with E-state index in [9.17, 15) is 9.90 Å². The van der Waals surface area contributed by atoms with E-state index in [4.69, 9.17) is 0 Å². The Morgan fingerprint density at radius 3 is 2.64 bits per heavy atom. The predicted octanol–water partition coefficient (Wildman–Crippen LogP) is 1.70. The molecular formula is C11H13NO2. The molecular weight excluding hydrogens is 178 g/mol. The number of carbonyl (C=O) groups is 1. The van der Waals surface area contributed by atoms with Gasteiger partial charge in [0.05, 0.1) is 5.56 Å². The zero-order chi connectivity index (χ0) is 10.6. The Hall–Kier alpha value is -1.77. The lowest BCUT2D eigenvalue weighted by molar-refractivity contribution is 0.104. The van der Waals surface area contributed by atoms with Crippen molar-refractivity contribution in [2.75, 3.05) is 7.05 Å². The van der Waals surface area contributed by atoms with Crippen LogP contribution in [-0.4, -0.2) is 17.9 Å². The molecule has 1 rings (SSSR count). The third-order valence-electron chi connectivity index (χ3n) is 1.91. The average Bonchev–Trinajstić information content (AvgIpc) is 2.18. The number of ketones is 1. The second-order valence-corrected chi connectivity index (χ2v) is 2.96. The molecule has 0 heterocycles.